The Labute approximate surface area is 85.1 Å². The van der Waals surface area contributed by atoms with Gasteiger partial charge in [0.1, 0.15) is 5.75 Å². The van der Waals surface area contributed by atoms with Gasteiger partial charge in [0, 0.05) is 5.69 Å². The number of aromatic hydroxyl groups is 1. The second-order valence-electron chi connectivity index (χ2n) is 2.42. The van der Waals surface area contributed by atoms with Crippen LogP contribution in [0.5, 0.6) is 5.75 Å². The van der Waals surface area contributed by atoms with E-state index in [-0.39, 0.29) is 27.9 Å². The monoisotopic (exact) mass is 219 g/mol. The van der Waals surface area contributed by atoms with Gasteiger partial charge < -0.3 is 10.8 Å². The molecule has 1 rings (SSSR count). The van der Waals surface area contributed by atoms with Gasteiger partial charge in [-0.25, -0.2) is 0 Å². The minimum Gasteiger partial charge on any atom is -0.506 e. The number of benzene rings is 1. The molecular formula is C8H7Cl2NO2. The number of halogens is 2. The van der Waals surface area contributed by atoms with Crippen LogP contribution in [-0.4, -0.2) is 16.8 Å². The third-order valence-electron chi connectivity index (χ3n) is 1.56. The molecule has 0 fully saturated rings. The van der Waals surface area contributed by atoms with Gasteiger partial charge >= 0.3 is 0 Å². The summed E-state index contributed by atoms with van der Waals surface area (Å²) >= 11 is 10.9. The van der Waals surface area contributed by atoms with E-state index in [1.807, 2.05) is 0 Å². The number of hydrogen-bond donors (Lipinski definition) is 2. The highest BCUT2D eigenvalue weighted by Crippen LogP contribution is 2.31. The molecule has 0 amide bonds. The summed E-state index contributed by atoms with van der Waals surface area (Å²) < 4.78 is 0. The van der Waals surface area contributed by atoms with Crippen molar-refractivity contribution in [2.24, 2.45) is 0 Å². The molecule has 13 heavy (non-hydrogen) atoms. The Hall–Kier alpha value is -0.930. The molecule has 5 heteroatoms. The van der Waals surface area contributed by atoms with Gasteiger partial charge in [-0.05, 0) is 12.1 Å². The summed E-state index contributed by atoms with van der Waals surface area (Å²) in [7, 11) is 0. The van der Waals surface area contributed by atoms with Crippen LogP contribution in [0.25, 0.3) is 0 Å². The number of carbonyl (C=O) groups excluding carboxylic acids is 1. The normalized spacial score (nSPS) is 10.0. The maximum Gasteiger partial charge on any atom is 0.183 e. The molecule has 0 atom stereocenters. The van der Waals surface area contributed by atoms with E-state index >= 15 is 0 Å². The van der Waals surface area contributed by atoms with Crippen LogP contribution < -0.4 is 5.73 Å². The highest BCUT2D eigenvalue weighted by molar-refractivity contribution is 6.35. The first-order valence-corrected chi connectivity index (χ1v) is 4.35. The van der Waals surface area contributed by atoms with E-state index in [0.717, 1.165) is 0 Å². The lowest BCUT2D eigenvalue weighted by molar-refractivity contribution is 0.101. The number of ketones is 1. The van der Waals surface area contributed by atoms with E-state index in [1.54, 1.807) is 0 Å². The van der Waals surface area contributed by atoms with Crippen molar-refractivity contribution < 1.29 is 9.90 Å². The summed E-state index contributed by atoms with van der Waals surface area (Å²) in [6.45, 7) is 0. The summed E-state index contributed by atoms with van der Waals surface area (Å²) in [5.74, 6) is -0.996. The molecule has 1 aromatic rings. The molecule has 0 unspecified atom stereocenters. The number of rotatable bonds is 2. The van der Waals surface area contributed by atoms with Gasteiger partial charge in [0.2, 0.25) is 0 Å². The van der Waals surface area contributed by atoms with Crippen LogP contribution in [0.15, 0.2) is 12.1 Å². The Kier molecular flexibility index (Phi) is 3.01. The zero-order valence-corrected chi connectivity index (χ0v) is 8.06. The van der Waals surface area contributed by atoms with Crippen LogP contribution in [0.4, 0.5) is 5.69 Å². The molecule has 0 saturated carbocycles. The number of nitrogens with two attached hydrogens (primary N) is 1. The molecule has 0 aromatic heterocycles. The van der Waals surface area contributed by atoms with Gasteiger partial charge in [-0.2, -0.15) is 0 Å². The first-order valence-electron chi connectivity index (χ1n) is 3.44. The highest BCUT2D eigenvalue weighted by atomic mass is 35.5. The Bertz CT molecular complexity index is 352. The fraction of sp³-hybridized carbons (Fsp3) is 0.125. The molecular weight excluding hydrogens is 213 g/mol. The third-order valence-corrected chi connectivity index (χ3v) is 2.11. The molecule has 3 nitrogen and oxygen atoms in total. The fourth-order valence-electron chi connectivity index (χ4n) is 0.941. The molecule has 0 heterocycles. The van der Waals surface area contributed by atoms with Crippen LogP contribution in [0.2, 0.25) is 5.02 Å². The molecule has 70 valence electrons. The largest absolute Gasteiger partial charge is 0.506 e. The lowest BCUT2D eigenvalue weighted by Gasteiger charge is -2.06. The van der Waals surface area contributed by atoms with Crippen molar-refractivity contribution in [3.8, 4) is 5.75 Å². The van der Waals surface area contributed by atoms with Gasteiger partial charge in [-0.1, -0.05) is 11.6 Å². The summed E-state index contributed by atoms with van der Waals surface area (Å²) in [5.41, 5.74) is 5.63. The maximum absolute atomic E-state index is 11.2. The quantitative estimate of drug-likeness (QED) is 0.455. The first kappa shape index (κ1) is 10.2. The zero-order valence-electron chi connectivity index (χ0n) is 6.55. The molecule has 0 bridgehead atoms. The Morgan fingerprint density at radius 3 is 2.69 bits per heavy atom. The summed E-state index contributed by atoms with van der Waals surface area (Å²) in [6, 6.07) is 2.86. The van der Waals surface area contributed by atoms with Gasteiger partial charge in [-0.15, -0.1) is 11.6 Å². The van der Waals surface area contributed by atoms with Gasteiger partial charge in [0.25, 0.3) is 0 Å². The van der Waals surface area contributed by atoms with Crippen LogP contribution in [0, 0.1) is 0 Å². The van der Waals surface area contributed by atoms with E-state index in [4.69, 9.17) is 28.9 Å². The lowest BCUT2D eigenvalue weighted by Crippen LogP contribution is -2.05. The lowest BCUT2D eigenvalue weighted by atomic mass is 10.1. The van der Waals surface area contributed by atoms with E-state index in [1.165, 1.54) is 12.1 Å². The van der Waals surface area contributed by atoms with Gasteiger partial charge in [-0.3, -0.25) is 4.79 Å². The van der Waals surface area contributed by atoms with Crippen LogP contribution in [0.3, 0.4) is 0 Å². The summed E-state index contributed by atoms with van der Waals surface area (Å²) in [4.78, 5) is 11.2. The van der Waals surface area contributed by atoms with Crippen molar-refractivity contribution in [1.82, 2.24) is 0 Å². The highest BCUT2D eigenvalue weighted by Gasteiger charge is 2.16. The van der Waals surface area contributed by atoms with Crippen molar-refractivity contribution in [2.75, 3.05) is 11.6 Å². The number of nitrogen functional groups attached to an aromatic ring is 1. The number of Topliss-reactive ketones (excluding diaryl/α,β-unsaturated/α-hetero) is 1. The first-order chi connectivity index (χ1) is 6.07. The Morgan fingerprint density at radius 2 is 2.15 bits per heavy atom. The number of carbonyl (C=O) groups is 1. The molecule has 0 spiro atoms. The molecule has 0 radical (unpaired) electrons. The van der Waals surface area contributed by atoms with Crippen LogP contribution in [0.1, 0.15) is 10.4 Å². The average molecular weight is 220 g/mol. The van der Waals surface area contributed by atoms with Crippen LogP contribution >= 0.6 is 23.2 Å². The minimum absolute atomic E-state index is 0.0116. The number of hydrogen-bond acceptors (Lipinski definition) is 3. The molecule has 0 aliphatic carbocycles. The van der Waals surface area contributed by atoms with E-state index in [0.29, 0.717) is 0 Å². The molecule has 0 aliphatic rings. The van der Waals surface area contributed by atoms with E-state index < -0.39 is 5.78 Å². The molecule has 3 N–H and O–H groups in total. The standard InChI is InChI=1S/C8H7Cl2NO2/c9-3-6(12)7-5(11)2-1-4(10)8(7)13/h1-2,13H,3,11H2. The van der Waals surface area contributed by atoms with Gasteiger partial charge in [0.05, 0.1) is 16.5 Å². The predicted octanol–water partition coefficient (Wildman–Crippen LogP) is 2.05. The van der Waals surface area contributed by atoms with E-state index in [9.17, 15) is 9.90 Å². The second kappa shape index (κ2) is 3.85. The van der Waals surface area contributed by atoms with E-state index in [2.05, 4.69) is 0 Å². The number of alkyl halides is 1. The van der Waals surface area contributed by atoms with Crippen LogP contribution in [-0.2, 0) is 0 Å². The van der Waals surface area contributed by atoms with Gasteiger partial charge in [0.15, 0.2) is 5.78 Å². The number of anilines is 1. The Morgan fingerprint density at radius 1 is 1.54 bits per heavy atom. The van der Waals surface area contributed by atoms with Crippen molar-refractivity contribution in [3.05, 3.63) is 22.7 Å². The fourth-order valence-corrected chi connectivity index (χ4v) is 1.23. The number of phenols is 1. The molecule has 0 saturated heterocycles. The zero-order chi connectivity index (χ0) is 10.0. The topological polar surface area (TPSA) is 63.3 Å². The van der Waals surface area contributed by atoms with Crippen molar-refractivity contribution in [1.29, 1.82) is 0 Å². The smallest absolute Gasteiger partial charge is 0.183 e. The maximum atomic E-state index is 11.2. The minimum atomic E-state index is -0.445. The Balaban J connectivity index is 3.33. The van der Waals surface area contributed by atoms with Crippen molar-refractivity contribution in [3.63, 3.8) is 0 Å². The molecule has 0 aliphatic heterocycles. The summed E-state index contributed by atoms with van der Waals surface area (Å²) in [6.07, 6.45) is 0. The van der Waals surface area contributed by atoms with Crippen molar-refractivity contribution >= 4 is 34.7 Å². The average Bonchev–Trinajstić information content (AvgIpc) is 2.12. The number of phenolic OH excluding ortho intramolecular Hbond substituents is 1. The van der Waals surface area contributed by atoms with Crippen molar-refractivity contribution in [2.45, 2.75) is 0 Å². The predicted molar refractivity (Wildman–Crippen MR) is 52.6 cm³/mol. The SMILES string of the molecule is Nc1ccc(Cl)c(O)c1C(=O)CCl. The second-order valence-corrected chi connectivity index (χ2v) is 3.09. The molecule has 1 aromatic carbocycles. The third kappa shape index (κ3) is 1.87. The summed E-state index contributed by atoms with van der Waals surface area (Å²) in [5, 5.41) is 9.47.